The molecule has 174 valence electrons. The summed E-state index contributed by atoms with van der Waals surface area (Å²) in [6.45, 7) is 8.27. The average Bonchev–Trinajstić information content (AvgIpc) is 2.71. The van der Waals surface area contributed by atoms with Crippen LogP contribution in [-0.2, 0) is 0 Å². The normalized spacial score (nSPS) is 11.3. The van der Waals surface area contributed by atoms with Gasteiger partial charge in [-0.05, 0) is 61.3 Å². The summed E-state index contributed by atoms with van der Waals surface area (Å²) in [5, 5.41) is 19.6. The van der Waals surface area contributed by atoms with Crippen LogP contribution in [0.5, 0.6) is 17.2 Å². The number of carboxylic acids is 1. The van der Waals surface area contributed by atoms with Gasteiger partial charge >= 0.3 is 5.97 Å². The summed E-state index contributed by atoms with van der Waals surface area (Å²) in [7, 11) is 1.51. The number of aromatic hydroxyl groups is 1. The lowest BCUT2D eigenvalue weighted by molar-refractivity contribution is 0.0696. The smallest absolute Gasteiger partial charge is 0.335 e. The Morgan fingerprint density at radius 3 is 2.41 bits per heavy atom. The first kappa shape index (κ1) is 25.6. The van der Waals surface area contributed by atoms with Crippen LogP contribution in [0.2, 0.25) is 0 Å². The molecule has 0 aromatic heterocycles. The van der Waals surface area contributed by atoms with Gasteiger partial charge in [0.25, 0.3) is 0 Å². The van der Waals surface area contributed by atoms with E-state index in [0.717, 1.165) is 29.1 Å². The molecule has 0 aliphatic rings. The van der Waals surface area contributed by atoms with E-state index in [9.17, 15) is 14.7 Å². The third-order valence-electron chi connectivity index (χ3n) is 4.84. The lowest BCUT2D eigenvalue weighted by Crippen LogP contribution is -2.13. The molecule has 0 spiro atoms. The molecule has 0 radical (unpaired) electrons. The van der Waals surface area contributed by atoms with E-state index in [1.165, 1.54) is 19.2 Å². The maximum atomic E-state index is 12.5. The minimum Gasteiger partial charge on any atom is -0.507 e. The molecule has 6 nitrogen and oxygen atoms in total. The number of ether oxygens (including phenoxy) is 2. The van der Waals surface area contributed by atoms with Crippen LogP contribution in [0, 0.1) is 12.3 Å². The van der Waals surface area contributed by atoms with Crippen molar-refractivity contribution >= 4 is 23.5 Å². The molecule has 0 atom stereocenters. The summed E-state index contributed by atoms with van der Waals surface area (Å²) >= 11 is 1.63. The van der Waals surface area contributed by atoms with E-state index in [4.69, 9.17) is 14.6 Å². The molecule has 7 heteroatoms. The molecule has 0 saturated heterocycles. The number of carboxylic acid groups (broad SMARTS) is 1. The maximum absolute atomic E-state index is 12.5. The summed E-state index contributed by atoms with van der Waals surface area (Å²) in [5.74, 6) is 0.740. The molecule has 2 aromatic carbocycles. The van der Waals surface area contributed by atoms with E-state index in [-0.39, 0.29) is 22.5 Å². The van der Waals surface area contributed by atoms with Crippen LogP contribution in [-0.4, -0.2) is 41.4 Å². The molecular weight excluding hydrogens is 428 g/mol. The number of hydrogen-bond acceptors (Lipinski definition) is 6. The first-order valence-electron chi connectivity index (χ1n) is 10.6. The largest absolute Gasteiger partial charge is 0.507 e. The van der Waals surface area contributed by atoms with Gasteiger partial charge in [-0.15, -0.1) is 11.8 Å². The fraction of sp³-hybridized carbons (Fsp3) is 0.440. The van der Waals surface area contributed by atoms with E-state index < -0.39 is 5.97 Å². The monoisotopic (exact) mass is 460 g/mol. The third-order valence-corrected chi connectivity index (χ3v) is 6.08. The van der Waals surface area contributed by atoms with Gasteiger partial charge in [0, 0.05) is 16.9 Å². The molecule has 2 rings (SSSR count). The van der Waals surface area contributed by atoms with Crippen molar-refractivity contribution in [2.45, 2.75) is 51.9 Å². The molecule has 0 bridgehead atoms. The summed E-state index contributed by atoms with van der Waals surface area (Å²) < 4.78 is 10.9. The van der Waals surface area contributed by atoms with Crippen molar-refractivity contribution in [3.05, 3.63) is 47.0 Å². The summed E-state index contributed by atoms with van der Waals surface area (Å²) in [6.07, 6.45) is 2.03. The Hall–Kier alpha value is -2.67. The third kappa shape index (κ3) is 7.19. The van der Waals surface area contributed by atoms with Gasteiger partial charge in [-0.25, -0.2) is 4.79 Å². The number of carbonyl (C=O) groups excluding carboxylic acids is 1. The van der Waals surface area contributed by atoms with Crippen molar-refractivity contribution in [3.63, 3.8) is 0 Å². The number of benzene rings is 2. The zero-order chi connectivity index (χ0) is 23.9. The van der Waals surface area contributed by atoms with Gasteiger partial charge in [0.1, 0.15) is 5.75 Å². The number of thioether (sulfide) groups is 1. The van der Waals surface area contributed by atoms with Gasteiger partial charge in [0.2, 0.25) is 0 Å². The minimum absolute atomic E-state index is 0.0470. The second-order valence-corrected chi connectivity index (χ2v) is 9.96. The Kier molecular flexibility index (Phi) is 9.01. The van der Waals surface area contributed by atoms with Crippen molar-refractivity contribution in [2.75, 3.05) is 19.5 Å². The zero-order valence-corrected chi connectivity index (χ0v) is 20.2. The predicted octanol–water partition coefficient (Wildman–Crippen LogP) is 5.98. The lowest BCUT2D eigenvalue weighted by Gasteiger charge is -2.18. The molecule has 0 saturated carbocycles. The SMILES string of the molecule is COc1ccc(C(=O)O)cc1OCCCCSc1ccc(C(=O)CC(C)(C)C)c(O)c1C. The Balaban J connectivity index is 1.86. The van der Waals surface area contributed by atoms with E-state index >= 15 is 0 Å². The van der Waals surface area contributed by atoms with E-state index in [1.807, 2.05) is 33.8 Å². The van der Waals surface area contributed by atoms with Crippen LogP contribution in [0.15, 0.2) is 35.2 Å². The molecule has 32 heavy (non-hydrogen) atoms. The van der Waals surface area contributed by atoms with Crippen LogP contribution >= 0.6 is 11.8 Å². The Morgan fingerprint density at radius 2 is 1.78 bits per heavy atom. The Morgan fingerprint density at radius 1 is 1.06 bits per heavy atom. The standard InChI is InChI=1S/C25H32O6S/c1-16-22(11-9-18(23(16)27)19(26)15-25(2,3)4)32-13-7-6-12-31-21-14-17(24(28)29)8-10-20(21)30-5/h8-11,14,27H,6-7,12-13,15H2,1-5H3,(H,28,29). The molecule has 0 aliphatic heterocycles. The van der Waals surface area contributed by atoms with E-state index in [2.05, 4.69) is 0 Å². The number of rotatable bonds is 11. The predicted molar refractivity (Wildman–Crippen MR) is 127 cm³/mol. The number of carbonyl (C=O) groups is 2. The molecule has 0 fully saturated rings. The number of Topliss-reactive ketones (excluding diaryl/α,β-unsaturated/α-hetero) is 1. The van der Waals surface area contributed by atoms with Crippen LogP contribution < -0.4 is 9.47 Å². The van der Waals surface area contributed by atoms with Crippen molar-refractivity contribution in [2.24, 2.45) is 5.41 Å². The number of phenolic OH excluding ortho intramolecular Hbond substituents is 1. The molecule has 0 amide bonds. The highest BCUT2D eigenvalue weighted by Crippen LogP contribution is 2.34. The topological polar surface area (TPSA) is 93.1 Å². The number of aromatic carboxylic acids is 1. The van der Waals surface area contributed by atoms with Gasteiger partial charge in [-0.2, -0.15) is 0 Å². The van der Waals surface area contributed by atoms with Gasteiger partial charge < -0.3 is 19.7 Å². The van der Waals surface area contributed by atoms with Crippen LogP contribution in [0.4, 0.5) is 0 Å². The van der Waals surface area contributed by atoms with Crippen molar-refractivity contribution in [1.82, 2.24) is 0 Å². The zero-order valence-electron chi connectivity index (χ0n) is 19.4. The van der Waals surface area contributed by atoms with Gasteiger partial charge in [0.15, 0.2) is 17.3 Å². The molecular formula is C25H32O6S. The molecule has 2 aromatic rings. The summed E-state index contributed by atoms with van der Waals surface area (Å²) in [6, 6.07) is 8.13. The van der Waals surface area contributed by atoms with E-state index in [0.29, 0.717) is 30.1 Å². The van der Waals surface area contributed by atoms with Gasteiger partial charge in [-0.1, -0.05) is 20.8 Å². The van der Waals surface area contributed by atoms with Crippen LogP contribution in [0.1, 0.15) is 66.3 Å². The van der Waals surface area contributed by atoms with Crippen molar-refractivity contribution in [3.8, 4) is 17.2 Å². The molecule has 2 N–H and O–H groups in total. The lowest BCUT2D eigenvalue weighted by atomic mass is 9.87. The first-order chi connectivity index (χ1) is 15.0. The second-order valence-electron chi connectivity index (χ2n) is 8.82. The number of methoxy groups -OCH3 is 1. The number of hydrogen-bond donors (Lipinski definition) is 2. The minimum atomic E-state index is -1.02. The van der Waals surface area contributed by atoms with Crippen molar-refractivity contribution < 1.29 is 29.3 Å². The van der Waals surface area contributed by atoms with Gasteiger partial charge in [0.05, 0.1) is 24.8 Å². The second kappa shape index (κ2) is 11.3. The highest BCUT2D eigenvalue weighted by atomic mass is 32.2. The van der Waals surface area contributed by atoms with Crippen molar-refractivity contribution in [1.29, 1.82) is 0 Å². The van der Waals surface area contributed by atoms with Crippen LogP contribution in [0.25, 0.3) is 0 Å². The Bertz CT molecular complexity index is 962. The quantitative estimate of drug-likeness (QED) is 0.242. The highest BCUT2D eigenvalue weighted by molar-refractivity contribution is 7.99. The molecule has 0 unspecified atom stereocenters. The summed E-state index contributed by atoms with van der Waals surface area (Å²) in [5.41, 5.74) is 1.12. The number of ketones is 1. The summed E-state index contributed by atoms with van der Waals surface area (Å²) in [4.78, 5) is 24.6. The number of unbranched alkanes of at least 4 members (excludes halogenated alkanes) is 1. The highest BCUT2D eigenvalue weighted by Gasteiger charge is 2.21. The fourth-order valence-corrected chi connectivity index (χ4v) is 4.18. The first-order valence-corrected chi connectivity index (χ1v) is 11.5. The molecule has 0 heterocycles. The average molecular weight is 461 g/mol. The van der Waals surface area contributed by atoms with E-state index in [1.54, 1.807) is 23.9 Å². The number of phenols is 1. The van der Waals surface area contributed by atoms with Crippen LogP contribution in [0.3, 0.4) is 0 Å². The maximum Gasteiger partial charge on any atom is 0.335 e. The Labute approximate surface area is 193 Å². The van der Waals surface area contributed by atoms with Gasteiger partial charge in [-0.3, -0.25) is 4.79 Å². The molecule has 0 aliphatic carbocycles. The fourth-order valence-electron chi connectivity index (χ4n) is 3.13.